The van der Waals surface area contributed by atoms with E-state index in [1.807, 2.05) is 12.3 Å². The predicted molar refractivity (Wildman–Crippen MR) is 70.9 cm³/mol. The fraction of sp³-hybridized carbons (Fsp3) is 0.643. The second kappa shape index (κ2) is 5.61. The van der Waals surface area contributed by atoms with Gasteiger partial charge in [0.2, 0.25) is 0 Å². The Balaban J connectivity index is 1.86. The Bertz CT molecular complexity index is 337. The molecule has 0 aromatic carbocycles. The molecule has 3 heteroatoms. The zero-order valence-electron chi connectivity index (χ0n) is 11.1. The van der Waals surface area contributed by atoms with Gasteiger partial charge >= 0.3 is 0 Å². The highest BCUT2D eigenvalue weighted by atomic mass is 15.2. The van der Waals surface area contributed by atoms with Gasteiger partial charge in [0.15, 0.2) is 0 Å². The van der Waals surface area contributed by atoms with Crippen molar-refractivity contribution in [2.45, 2.75) is 45.3 Å². The molecular weight excluding hydrogens is 210 g/mol. The predicted octanol–water partition coefficient (Wildman–Crippen LogP) is 2.21. The number of nitrogens with zero attached hydrogens (tertiary/aromatic N) is 2. The molecule has 1 aromatic heterocycles. The quantitative estimate of drug-likeness (QED) is 0.864. The van der Waals surface area contributed by atoms with Gasteiger partial charge in [0.05, 0.1) is 5.69 Å². The third-order valence-electron chi connectivity index (χ3n) is 3.57. The molecule has 0 bridgehead atoms. The van der Waals surface area contributed by atoms with Gasteiger partial charge in [-0.1, -0.05) is 6.07 Å². The molecule has 0 aliphatic carbocycles. The lowest BCUT2D eigenvalue weighted by atomic mass is 10.1. The number of hydrogen-bond acceptors (Lipinski definition) is 3. The second-order valence-electron chi connectivity index (χ2n) is 5.22. The lowest BCUT2D eigenvalue weighted by molar-refractivity contribution is 0.266. The highest BCUT2D eigenvalue weighted by molar-refractivity contribution is 5.08. The summed E-state index contributed by atoms with van der Waals surface area (Å²) in [5.74, 6) is 0. The van der Waals surface area contributed by atoms with Gasteiger partial charge in [0.25, 0.3) is 0 Å². The van der Waals surface area contributed by atoms with Gasteiger partial charge in [-0.15, -0.1) is 0 Å². The lowest BCUT2D eigenvalue weighted by Crippen LogP contribution is -2.36. The van der Waals surface area contributed by atoms with Crippen molar-refractivity contribution in [2.75, 3.05) is 13.1 Å². The number of nitrogens with one attached hydrogen (secondary N) is 1. The van der Waals surface area contributed by atoms with E-state index in [9.17, 15) is 0 Å². The Labute approximate surface area is 104 Å². The molecule has 2 rings (SSSR count). The van der Waals surface area contributed by atoms with Gasteiger partial charge in [0, 0.05) is 30.9 Å². The summed E-state index contributed by atoms with van der Waals surface area (Å²) < 4.78 is 0. The van der Waals surface area contributed by atoms with E-state index < -0.39 is 0 Å². The van der Waals surface area contributed by atoms with Gasteiger partial charge in [0.1, 0.15) is 0 Å². The van der Waals surface area contributed by atoms with Crippen LogP contribution in [0.25, 0.3) is 0 Å². The van der Waals surface area contributed by atoms with Crippen LogP contribution < -0.4 is 5.32 Å². The van der Waals surface area contributed by atoms with E-state index in [2.05, 4.69) is 48.1 Å². The topological polar surface area (TPSA) is 28.2 Å². The largest absolute Gasteiger partial charge is 0.305 e. The van der Waals surface area contributed by atoms with E-state index in [-0.39, 0.29) is 0 Å². The van der Waals surface area contributed by atoms with Gasteiger partial charge in [-0.05, 0) is 45.9 Å². The maximum Gasteiger partial charge on any atom is 0.0570 e. The number of aromatic nitrogens is 1. The minimum Gasteiger partial charge on any atom is -0.305 e. The van der Waals surface area contributed by atoms with Crippen LogP contribution in [0.15, 0.2) is 24.4 Å². The van der Waals surface area contributed by atoms with Gasteiger partial charge < -0.3 is 5.32 Å². The average molecular weight is 233 g/mol. The fourth-order valence-corrected chi connectivity index (χ4v) is 2.46. The molecule has 0 spiro atoms. The Kier molecular flexibility index (Phi) is 4.13. The number of rotatable bonds is 4. The fourth-order valence-electron chi connectivity index (χ4n) is 2.46. The first-order chi connectivity index (χ1) is 8.16. The normalized spacial score (nSPS) is 23.2. The van der Waals surface area contributed by atoms with E-state index in [4.69, 9.17) is 0 Å². The molecule has 1 aliphatic heterocycles. The van der Waals surface area contributed by atoms with E-state index in [0.29, 0.717) is 18.1 Å². The zero-order valence-corrected chi connectivity index (χ0v) is 11.1. The maximum absolute atomic E-state index is 4.40. The van der Waals surface area contributed by atoms with Crippen LogP contribution in [0.1, 0.15) is 38.9 Å². The Morgan fingerprint density at radius 1 is 1.35 bits per heavy atom. The molecule has 0 saturated carbocycles. The van der Waals surface area contributed by atoms with E-state index in [1.165, 1.54) is 13.0 Å². The SMILES string of the molecule is CC(C)N1CCC(N[C@@H](C)c2ccccn2)C1. The monoisotopic (exact) mass is 233 g/mol. The first-order valence-corrected chi connectivity index (χ1v) is 6.58. The van der Waals surface area contributed by atoms with Crippen LogP contribution in [0.2, 0.25) is 0 Å². The van der Waals surface area contributed by atoms with Crippen molar-refractivity contribution in [3.05, 3.63) is 30.1 Å². The summed E-state index contributed by atoms with van der Waals surface area (Å²) in [4.78, 5) is 6.93. The Morgan fingerprint density at radius 3 is 2.76 bits per heavy atom. The van der Waals surface area contributed by atoms with E-state index in [0.717, 1.165) is 12.2 Å². The van der Waals surface area contributed by atoms with Crippen LogP contribution >= 0.6 is 0 Å². The molecule has 0 amide bonds. The molecule has 1 fully saturated rings. The standard InChI is InChI=1S/C14H23N3/c1-11(2)17-9-7-13(10-17)16-12(3)14-6-4-5-8-15-14/h4-6,8,11-13,16H,7,9-10H2,1-3H3/t12-,13?/m0/s1. The van der Waals surface area contributed by atoms with E-state index >= 15 is 0 Å². The summed E-state index contributed by atoms with van der Waals surface area (Å²) in [6.45, 7) is 9.11. The molecule has 2 heterocycles. The van der Waals surface area contributed by atoms with Crippen LogP contribution in [0, 0.1) is 0 Å². The summed E-state index contributed by atoms with van der Waals surface area (Å²) in [7, 11) is 0. The summed E-state index contributed by atoms with van der Waals surface area (Å²) in [5, 5.41) is 3.68. The van der Waals surface area contributed by atoms with Crippen molar-refractivity contribution in [2.24, 2.45) is 0 Å². The van der Waals surface area contributed by atoms with Crippen LogP contribution in [0.5, 0.6) is 0 Å². The summed E-state index contributed by atoms with van der Waals surface area (Å²) in [6.07, 6.45) is 3.11. The number of likely N-dealkylation sites (tertiary alicyclic amines) is 1. The first-order valence-electron chi connectivity index (χ1n) is 6.58. The van der Waals surface area contributed by atoms with Crippen molar-refractivity contribution in [3.63, 3.8) is 0 Å². The third-order valence-corrected chi connectivity index (χ3v) is 3.57. The van der Waals surface area contributed by atoms with E-state index in [1.54, 1.807) is 0 Å². The molecule has 1 saturated heterocycles. The summed E-state index contributed by atoms with van der Waals surface area (Å²) >= 11 is 0. The van der Waals surface area contributed by atoms with Crippen molar-refractivity contribution in [3.8, 4) is 0 Å². The minimum atomic E-state index is 0.341. The molecule has 17 heavy (non-hydrogen) atoms. The van der Waals surface area contributed by atoms with Crippen molar-refractivity contribution in [1.82, 2.24) is 15.2 Å². The van der Waals surface area contributed by atoms with Gasteiger partial charge in [-0.2, -0.15) is 0 Å². The minimum absolute atomic E-state index is 0.341. The average Bonchev–Trinajstić information content (AvgIpc) is 2.79. The number of pyridine rings is 1. The van der Waals surface area contributed by atoms with Gasteiger partial charge in [-0.25, -0.2) is 0 Å². The lowest BCUT2D eigenvalue weighted by Gasteiger charge is -2.22. The van der Waals surface area contributed by atoms with Crippen LogP contribution in [0.4, 0.5) is 0 Å². The van der Waals surface area contributed by atoms with Crippen molar-refractivity contribution in [1.29, 1.82) is 0 Å². The molecule has 1 aliphatic rings. The summed E-state index contributed by atoms with van der Waals surface area (Å²) in [5.41, 5.74) is 1.13. The molecule has 1 N–H and O–H groups in total. The van der Waals surface area contributed by atoms with Crippen LogP contribution in [-0.2, 0) is 0 Å². The smallest absolute Gasteiger partial charge is 0.0570 e. The van der Waals surface area contributed by atoms with Crippen LogP contribution in [0.3, 0.4) is 0 Å². The molecule has 1 aromatic rings. The highest BCUT2D eigenvalue weighted by Crippen LogP contribution is 2.16. The zero-order chi connectivity index (χ0) is 12.3. The van der Waals surface area contributed by atoms with Gasteiger partial charge in [-0.3, -0.25) is 9.88 Å². The molecule has 0 radical (unpaired) electrons. The molecule has 2 atom stereocenters. The molecule has 94 valence electrons. The van der Waals surface area contributed by atoms with Crippen LogP contribution in [-0.4, -0.2) is 35.1 Å². The third kappa shape index (κ3) is 3.27. The first kappa shape index (κ1) is 12.5. The summed E-state index contributed by atoms with van der Waals surface area (Å²) in [6, 6.07) is 7.71. The number of hydrogen-bond donors (Lipinski definition) is 1. The molecule has 1 unspecified atom stereocenters. The Hall–Kier alpha value is -0.930. The highest BCUT2D eigenvalue weighted by Gasteiger charge is 2.25. The Morgan fingerprint density at radius 2 is 2.18 bits per heavy atom. The molecule has 3 nitrogen and oxygen atoms in total. The molecular formula is C14H23N3. The van der Waals surface area contributed by atoms with Crippen molar-refractivity contribution < 1.29 is 0 Å². The second-order valence-corrected chi connectivity index (χ2v) is 5.22. The maximum atomic E-state index is 4.40. The van der Waals surface area contributed by atoms with Crippen molar-refractivity contribution >= 4 is 0 Å².